The molecule has 2 heterocycles. The lowest BCUT2D eigenvalue weighted by Gasteiger charge is -2.21. The predicted molar refractivity (Wildman–Crippen MR) is 71.4 cm³/mol. The van der Waals surface area contributed by atoms with Gasteiger partial charge in [-0.25, -0.2) is 0 Å². The lowest BCUT2D eigenvalue weighted by atomic mass is 9.94. The molecule has 0 spiro atoms. The standard InChI is InChI=1S/C14H24N4/c15-12-8-4-1-3-7-11(12)14-17-16-13-9-5-2-6-10-18(13)14/h11-12H,1-10,15H2. The third-order valence-electron chi connectivity index (χ3n) is 4.54. The summed E-state index contributed by atoms with van der Waals surface area (Å²) in [6.45, 7) is 1.10. The molecule has 1 aromatic heterocycles. The maximum Gasteiger partial charge on any atom is 0.137 e. The number of nitrogens with zero attached hydrogens (tertiary/aromatic N) is 3. The smallest absolute Gasteiger partial charge is 0.137 e. The number of aromatic nitrogens is 3. The van der Waals surface area contributed by atoms with Crippen molar-refractivity contribution in [3.05, 3.63) is 11.6 Å². The molecule has 2 unspecified atom stereocenters. The minimum Gasteiger partial charge on any atom is -0.327 e. The van der Waals surface area contributed by atoms with Crippen molar-refractivity contribution in [3.63, 3.8) is 0 Å². The van der Waals surface area contributed by atoms with Gasteiger partial charge in [0.25, 0.3) is 0 Å². The zero-order valence-electron chi connectivity index (χ0n) is 11.1. The molecule has 1 aliphatic heterocycles. The van der Waals surface area contributed by atoms with Crippen molar-refractivity contribution in [2.75, 3.05) is 0 Å². The van der Waals surface area contributed by atoms with E-state index in [4.69, 9.17) is 5.73 Å². The Morgan fingerprint density at radius 1 is 0.944 bits per heavy atom. The van der Waals surface area contributed by atoms with Gasteiger partial charge in [0.15, 0.2) is 0 Å². The molecular formula is C14H24N4. The van der Waals surface area contributed by atoms with E-state index in [2.05, 4.69) is 14.8 Å². The van der Waals surface area contributed by atoms with Gasteiger partial charge < -0.3 is 10.3 Å². The van der Waals surface area contributed by atoms with Crippen LogP contribution < -0.4 is 5.73 Å². The molecule has 4 heteroatoms. The molecule has 1 aromatic rings. The molecule has 18 heavy (non-hydrogen) atoms. The van der Waals surface area contributed by atoms with Crippen molar-refractivity contribution in [2.45, 2.75) is 76.3 Å². The molecule has 1 saturated carbocycles. The first-order chi connectivity index (χ1) is 8.86. The molecule has 0 bridgehead atoms. The Morgan fingerprint density at radius 3 is 2.72 bits per heavy atom. The van der Waals surface area contributed by atoms with Crippen LogP contribution in [0.15, 0.2) is 0 Å². The molecule has 2 aliphatic rings. The second kappa shape index (κ2) is 5.39. The van der Waals surface area contributed by atoms with E-state index in [1.54, 1.807) is 0 Å². The monoisotopic (exact) mass is 248 g/mol. The Labute approximate surface area is 109 Å². The Bertz CT molecular complexity index is 398. The van der Waals surface area contributed by atoms with Crippen LogP contribution >= 0.6 is 0 Å². The van der Waals surface area contributed by atoms with E-state index in [1.807, 2.05) is 0 Å². The van der Waals surface area contributed by atoms with Gasteiger partial charge in [-0.05, 0) is 25.7 Å². The molecule has 3 rings (SSSR count). The van der Waals surface area contributed by atoms with Crippen LogP contribution in [0.2, 0.25) is 0 Å². The molecule has 2 atom stereocenters. The average Bonchev–Trinajstić information content (AvgIpc) is 2.58. The highest BCUT2D eigenvalue weighted by Crippen LogP contribution is 2.31. The van der Waals surface area contributed by atoms with Crippen LogP contribution in [-0.4, -0.2) is 20.8 Å². The summed E-state index contributed by atoms with van der Waals surface area (Å²) in [4.78, 5) is 0. The van der Waals surface area contributed by atoms with Gasteiger partial charge in [0.2, 0.25) is 0 Å². The highest BCUT2D eigenvalue weighted by Gasteiger charge is 2.28. The predicted octanol–water partition coefficient (Wildman–Crippen LogP) is 2.38. The van der Waals surface area contributed by atoms with E-state index in [0.29, 0.717) is 5.92 Å². The van der Waals surface area contributed by atoms with Gasteiger partial charge in [-0.1, -0.05) is 25.7 Å². The van der Waals surface area contributed by atoms with E-state index < -0.39 is 0 Å². The van der Waals surface area contributed by atoms with Crippen molar-refractivity contribution in [1.82, 2.24) is 14.8 Å². The van der Waals surface area contributed by atoms with Crippen LogP contribution in [0.1, 0.15) is 68.9 Å². The zero-order chi connectivity index (χ0) is 12.4. The second-order valence-corrected chi connectivity index (χ2v) is 5.85. The van der Waals surface area contributed by atoms with Gasteiger partial charge in [-0.3, -0.25) is 0 Å². The molecular weight excluding hydrogens is 224 g/mol. The van der Waals surface area contributed by atoms with Crippen molar-refractivity contribution in [3.8, 4) is 0 Å². The summed E-state index contributed by atoms with van der Waals surface area (Å²) in [5.41, 5.74) is 6.36. The summed E-state index contributed by atoms with van der Waals surface area (Å²) in [6, 6.07) is 0.282. The number of aryl methyl sites for hydroxylation is 1. The summed E-state index contributed by atoms with van der Waals surface area (Å²) in [6.07, 6.45) is 11.2. The summed E-state index contributed by atoms with van der Waals surface area (Å²) >= 11 is 0. The number of fused-ring (bicyclic) bond motifs is 1. The van der Waals surface area contributed by atoms with Crippen LogP contribution in [0.5, 0.6) is 0 Å². The molecule has 0 amide bonds. The SMILES string of the molecule is NC1CCCCCC1c1nnc2n1CCCCC2. The van der Waals surface area contributed by atoms with E-state index in [0.717, 1.165) is 19.4 Å². The van der Waals surface area contributed by atoms with Gasteiger partial charge in [0.1, 0.15) is 11.6 Å². The number of hydrogen-bond donors (Lipinski definition) is 1. The van der Waals surface area contributed by atoms with Gasteiger partial charge in [0, 0.05) is 24.9 Å². The van der Waals surface area contributed by atoms with Gasteiger partial charge >= 0.3 is 0 Å². The maximum atomic E-state index is 6.36. The van der Waals surface area contributed by atoms with Crippen LogP contribution in [0.4, 0.5) is 0 Å². The van der Waals surface area contributed by atoms with Crippen LogP contribution in [0.25, 0.3) is 0 Å². The van der Waals surface area contributed by atoms with E-state index in [-0.39, 0.29) is 6.04 Å². The van der Waals surface area contributed by atoms with Gasteiger partial charge in [-0.2, -0.15) is 0 Å². The van der Waals surface area contributed by atoms with E-state index >= 15 is 0 Å². The fourth-order valence-electron chi connectivity index (χ4n) is 3.44. The first-order valence-electron chi connectivity index (χ1n) is 7.54. The Balaban J connectivity index is 1.88. The highest BCUT2D eigenvalue weighted by atomic mass is 15.3. The zero-order valence-corrected chi connectivity index (χ0v) is 11.1. The number of nitrogens with two attached hydrogens (primary N) is 1. The Morgan fingerprint density at radius 2 is 1.78 bits per heavy atom. The van der Waals surface area contributed by atoms with Crippen molar-refractivity contribution in [1.29, 1.82) is 0 Å². The van der Waals surface area contributed by atoms with E-state index in [9.17, 15) is 0 Å². The molecule has 4 nitrogen and oxygen atoms in total. The number of hydrogen-bond acceptors (Lipinski definition) is 3. The minimum atomic E-state index is 0.282. The largest absolute Gasteiger partial charge is 0.327 e. The summed E-state index contributed by atoms with van der Waals surface area (Å²) in [5, 5.41) is 8.90. The van der Waals surface area contributed by atoms with Crippen LogP contribution in [-0.2, 0) is 13.0 Å². The summed E-state index contributed by atoms with van der Waals surface area (Å²) in [7, 11) is 0. The molecule has 0 radical (unpaired) electrons. The van der Waals surface area contributed by atoms with Crippen molar-refractivity contribution >= 4 is 0 Å². The minimum absolute atomic E-state index is 0.282. The highest BCUT2D eigenvalue weighted by molar-refractivity contribution is 5.07. The summed E-state index contributed by atoms with van der Waals surface area (Å²) in [5.74, 6) is 2.81. The van der Waals surface area contributed by atoms with Gasteiger partial charge in [0.05, 0.1) is 0 Å². The molecule has 0 aromatic carbocycles. The lowest BCUT2D eigenvalue weighted by Crippen LogP contribution is -2.29. The normalized spacial score (nSPS) is 29.4. The third-order valence-corrected chi connectivity index (χ3v) is 4.54. The topological polar surface area (TPSA) is 56.7 Å². The average molecular weight is 248 g/mol. The second-order valence-electron chi connectivity index (χ2n) is 5.85. The fourth-order valence-corrected chi connectivity index (χ4v) is 3.44. The molecule has 100 valence electrons. The first-order valence-corrected chi connectivity index (χ1v) is 7.54. The maximum absolute atomic E-state index is 6.36. The Hall–Kier alpha value is -0.900. The van der Waals surface area contributed by atoms with Gasteiger partial charge in [-0.15, -0.1) is 10.2 Å². The molecule has 0 saturated heterocycles. The van der Waals surface area contributed by atoms with Crippen LogP contribution in [0, 0.1) is 0 Å². The summed E-state index contributed by atoms with van der Waals surface area (Å²) < 4.78 is 2.38. The molecule has 2 N–H and O–H groups in total. The van der Waals surface area contributed by atoms with Crippen molar-refractivity contribution < 1.29 is 0 Å². The molecule has 1 aliphatic carbocycles. The fraction of sp³-hybridized carbons (Fsp3) is 0.857. The lowest BCUT2D eigenvalue weighted by molar-refractivity contribution is 0.456. The van der Waals surface area contributed by atoms with E-state index in [1.165, 1.54) is 56.6 Å². The quantitative estimate of drug-likeness (QED) is 0.776. The first kappa shape index (κ1) is 12.2. The molecule has 1 fully saturated rings. The Kier molecular flexibility index (Phi) is 3.64. The number of rotatable bonds is 1. The van der Waals surface area contributed by atoms with Crippen LogP contribution in [0.3, 0.4) is 0 Å². The third kappa shape index (κ3) is 2.30. The van der Waals surface area contributed by atoms with Crippen molar-refractivity contribution in [2.24, 2.45) is 5.73 Å².